The molecule has 1 aromatic carbocycles. The van der Waals surface area contributed by atoms with Crippen LogP contribution in [0.2, 0.25) is 5.02 Å². The number of anilines is 1. The molecule has 0 radical (unpaired) electrons. The highest BCUT2D eigenvalue weighted by Crippen LogP contribution is 2.55. The zero-order chi connectivity index (χ0) is 14.6. The van der Waals surface area contributed by atoms with Crippen LogP contribution in [0.15, 0.2) is 24.3 Å². The molecule has 2 amide bonds. The number of imide groups is 1. The van der Waals surface area contributed by atoms with E-state index in [1.807, 2.05) is 12.1 Å². The van der Waals surface area contributed by atoms with Crippen molar-refractivity contribution in [1.29, 1.82) is 0 Å². The molecule has 2 bridgehead atoms. The van der Waals surface area contributed by atoms with Gasteiger partial charge in [0, 0.05) is 10.7 Å². The maximum atomic E-state index is 12.5. The number of hydrogen-bond acceptors (Lipinski definition) is 3. The lowest BCUT2D eigenvalue weighted by atomic mass is 9.81. The van der Waals surface area contributed by atoms with Gasteiger partial charge in [0.25, 0.3) is 0 Å². The van der Waals surface area contributed by atoms with Crippen LogP contribution in [0.1, 0.15) is 19.3 Å². The fraction of sp³-hybridized carbons (Fsp3) is 0.500. The summed E-state index contributed by atoms with van der Waals surface area (Å²) in [5.41, 5.74) is 0.822. The van der Waals surface area contributed by atoms with Crippen molar-refractivity contribution in [2.24, 2.45) is 23.7 Å². The minimum Gasteiger partial charge on any atom is -0.367 e. The molecular formula is C16H17ClN2O2. The molecule has 21 heavy (non-hydrogen) atoms. The highest BCUT2D eigenvalue weighted by molar-refractivity contribution is 6.30. The summed E-state index contributed by atoms with van der Waals surface area (Å²) in [5, 5.41) is 3.76. The van der Waals surface area contributed by atoms with Crippen LogP contribution < -0.4 is 5.32 Å². The molecule has 4 nitrogen and oxygen atoms in total. The molecule has 1 saturated heterocycles. The molecule has 3 aliphatic rings. The van der Waals surface area contributed by atoms with Gasteiger partial charge in [-0.1, -0.05) is 17.7 Å². The number of likely N-dealkylation sites (tertiary alicyclic amines) is 1. The third-order valence-corrected chi connectivity index (χ3v) is 5.52. The van der Waals surface area contributed by atoms with Gasteiger partial charge in [0.1, 0.15) is 0 Å². The number of rotatable bonds is 3. The summed E-state index contributed by atoms with van der Waals surface area (Å²) in [6.07, 6.45) is 3.29. The Labute approximate surface area is 128 Å². The van der Waals surface area contributed by atoms with Crippen molar-refractivity contribution >= 4 is 29.1 Å². The predicted molar refractivity (Wildman–Crippen MR) is 79.6 cm³/mol. The number of nitrogens with zero attached hydrogens (tertiary/aromatic N) is 1. The van der Waals surface area contributed by atoms with E-state index >= 15 is 0 Å². The average molecular weight is 305 g/mol. The topological polar surface area (TPSA) is 49.4 Å². The van der Waals surface area contributed by atoms with Gasteiger partial charge in [-0.05, 0) is 49.3 Å². The zero-order valence-electron chi connectivity index (χ0n) is 11.6. The summed E-state index contributed by atoms with van der Waals surface area (Å²) in [5.74, 6) is 0.827. The van der Waals surface area contributed by atoms with E-state index in [9.17, 15) is 9.59 Å². The molecule has 3 fully saturated rings. The second-order valence-electron chi connectivity index (χ2n) is 6.33. The minimum atomic E-state index is -0.0441. The van der Waals surface area contributed by atoms with Gasteiger partial charge >= 0.3 is 0 Å². The van der Waals surface area contributed by atoms with Crippen LogP contribution in [0.25, 0.3) is 0 Å². The summed E-state index contributed by atoms with van der Waals surface area (Å²) in [7, 11) is 0. The maximum absolute atomic E-state index is 12.5. The van der Waals surface area contributed by atoms with Crippen LogP contribution in [0.3, 0.4) is 0 Å². The van der Waals surface area contributed by atoms with Crippen molar-refractivity contribution in [1.82, 2.24) is 4.90 Å². The van der Waals surface area contributed by atoms with Gasteiger partial charge < -0.3 is 5.32 Å². The van der Waals surface area contributed by atoms with E-state index < -0.39 is 0 Å². The zero-order valence-corrected chi connectivity index (χ0v) is 12.3. The standard InChI is InChI=1S/C16H17ClN2O2/c17-11-2-1-3-12(7-11)18-8-19-15(20)13-9-4-5-10(6-9)14(13)16(19)21/h1-3,7,9-10,13-14,18H,4-6,8H2/t9-,10-,13+,14+/m1/s1. The molecule has 0 spiro atoms. The van der Waals surface area contributed by atoms with Gasteiger partial charge in [0.2, 0.25) is 11.8 Å². The molecule has 1 aliphatic heterocycles. The number of halogens is 1. The summed E-state index contributed by atoms with van der Waals surface area (Å²) >= 11 is 5.93. The van der Waals surface area contributed by atoms with Gasteiger partial charge in [0.05, 0.1) is 18.5 Å². The monoisotopic (exact) mass is 304 g/mol. The summed E-state index contributed by atoms with van der Waals surface area (Å²) in [6.45, 7) is 0.241. The van der Waals surface area contributed by atoms with Crippen LogP contribution in [-0.4, -0.2) is 23.4 Å². The molecule has 2 aliphatic carbocycles. The van der Waals surface area contributed by atoms with Gasteiger partial charge in [-0.25, -0.2) is 0 Å². The van der Waals surface area contributed by atoms with Crippen LogP contribution in [-0.2, 0) is 9.59 Å². The fourth-order valence-electron chi connectivity index (χ4n) is 4.40. The lowest BCUT2D eigenvalue weighted by Gasteiger charge is -2.19. The van der Waals surface area contributed by atoms with E-state index in [0.717, 1.165) is 24.9 Å². The normalized spacial score (nSPS) is 33.7. The van der Waals surface area contributed by atoms with Crippen molar-refractivity contribution in [2.45, 2.75) is 19.3 Å². The predicted octanol–water partition coefficient (Wildman–Crippen LogP) is 2.74. The van der Waals surface area contributed by atoms with E-state index in [2.05, 4.69) is 5.32 Å². The molecule has 5 heteroatoms. The van der Waals surface area contributed by atoms with Gasteiger partial charge in [-0.3, -0.25) is 14.5 Å². The molecule has 110 valence electrons. The number of benzene rings is 1. The molecule has 4 atom stereocenters. The number of carbonyl (C=O) groups is 2. The molecule has 4 rings (SSSR count). The quantitative estimate of drug-likeness (QED) is 0.874. The Morgan fingerprint density at radius 1 is 1.14 bits per heavy atom. The molecule has 1 heterocycles. The Kier molecular flexibility index (Phi) is 2.96. The van der Waals surface area contributed by atoms with Gasteiger partial charge in [-0.15, -0.1) is 0 Å². The van der Waals surface area contributed by atoms with Crippen LogP contribution >= 0.6 is 11.6 Å². The third-order valence-electron chi connectivity index (χ3n) is 5.28. The lowest BCUT2D eigenvalue weighted by Crippen LogP contribution is -2.36. The van der Waals surface area contributed by atoms with Crippen molar-refractivity contribution in [3.8, 4) is 0 Å². The van der Waals surface area contributed by atoms with Gasteiger partial charge in [-0.2, -0.15) is 0 Å². The number of nitrogens with one attached hydrogen (secondary N) is 1. The molecule has 2 saturated carbocycles. The summed E-state index contributed by atoms with van der Waals surface area (Å²) in [6, 6.07) is 7.30. The van der Waals surface area contributed by atoms with E-state index in [0.29, 0.717) is 16.9 Å². The SMILES string of the molecule is O=C1[C@H]2[C@@H]3CC[C@H](C3)[C@@H]2C(=O)N1CNc1cccc(Cl)c1. The van der Waals surface area contributed by atoms with Gasteiger partial charge in [0.15, 0.2) is 0 Å². The second kappa shape index (κ2) is 4.73. The highest BCUT2D eigenvalue weighted by atomic mass is 35.5. The van der Waals surface area contributed by atoms with Crippen LogP contribution in [0, 0.1) is 23.7 Å². The first-order valence-electron chi connectivity index (χ1n) is 7.50. The molecule has 0 aromatic heterocycles. The number of carbonyl (C=O) groups excluding carboxylic acids is 2. The summed E-state index contributed by atoms with van der Waals surface area (Å²) < 4.78 is 0. The minimum absolute atomic E-state index is 0.0201. The lowest BCUT2D eigenvalue weighted by molar-refractivity contribution is -0.140. The Morgan fingerprint density at radius 3 is 2.43 bits per heavy atom. The summed E-state index contributed by atoms with van der Waals surface area (Å²) in [4.78, 5) is 26.4. The number of hydrogen-bond donors (Lipinski definition) is 1. The number of fused-ring (bicyclic) bond motifs is 5. The third kappa shape index (κ3) is 1.96. The van der Waals surface area contributed by atoms with Crippen molar-refractivity contribution in [3.63, 3.8) is 0 Å². The molecular weight excluding hydrogens is 288 g/mol. The molecule has 1 aromatic rings. The Balaban J connectivity index is 1.49. The Bertz CT molecular complexity index is 590. The molecule has 0 unspecified atom stereocenters. The van der Waals surface area contributed by atoms with Crippen molar-refractivity contribution in [3.05, 3.63) is 29.3 Å². The largest absolute Gasteiger partial charge is 0.367 e. The first-order chi connectivity index (χ1) is 10.1. The first kappa shape index (κ1) is 13.1. The van der Waals surface area contributed by atoms with E-state index in [1.54, 1.807) is 12.1 Å². The highest BCUT2D eigenvalue weighted by Gasteiger charge is 2.60. The van der Waals surface area contributed by atoms with Crippen molar-refractivity contribution in [2.75, 3.05) is 12.0 Å². The number of amides is 2. The molecule has 1 N–H and O–H groups in total. The fourth-order valence-corrected chi connectivity index (χ4v) is 4.59. The van der Waals surface area contributed by atoms with E-state index in [-0.39, 0.29) is 30.3 Å². The second-order valence-corrected chi connectivity index (χ2v) is 6.77. The smallest absolute Gasteiger partial charge is 0.234 e. The van der Waals surface area contributed by atoms with E-state index in [1.165, 1.54) is 4.90 Å². The first-order valence-corrected chi connectivity index (χ1v) is 7.87. The average Bonchev–Trinajstić information content (AvgIpc) is 3.12. The van der Waals surface area contributed by atoms with Crippen LogP contribution in [0.5, 0.6) is 0 Å². The Morgan fingerprint density at radius 2 is 1.81 bits per heavy atom. The van der Waals surface area contributed by atoms with E-state index in [4.69, 9.17) is 11.6 Å². The maximum Gasteiger partial charge on any atom is 0.234 e. The Hall–Kier alpha value is -1.55. The van der Waals surface area contributed by atoms with Crippen molar-refractivity contribution < 1.29 is 9.59 Å². The van der Waals surface area contributed by atoms with Crippen LogP contribution in [0.4, 0.5) is 5.69 Å².